The summed E-state index contributed by atoms with van der Waals surface area (Å²) in [6, 6.07) is 3.93. The van der Waals surface area contributed by atoms with Crippen molar-refractivity contribution in [2.75, 3.05) is 6.61 Å². The monoisotopic (exact) mass is 380 g/mol. The van der Waals surface area contributed by atoms with E-state index < -0.39 is 10.0 Å². The van der Waals surface area contributed by atoms with Gasteiger partial charge in [-0.2, -0.15) is 0 Å². The first-order chi connectivity index (χ1) is 9.40. The average molecular weight is 382 g/mol. The van der Waals surface area contributed by atoms with Crippen LogP contribution < -0.4 is 10.5 Å². The van der Waals surface area contributed by atoms with E-state index in [2.05, 4.69) is 20.7 Å². The first-order valence-electron chi connectivity index (χ1n) is 6.25. The van der Waals surface area contributed by atoms with Crippen LogP contribution in [0, 0.1) is 5.92 Å². The Morgan fingerprint density at radius 3 is 2.90 bits per heavy atom. The van der Waals surface area contributed by atoms with Crippen LogP contribution in [-0.2, 0) is 14.8 Å². The second-order valence-corrected chi connectivity index (χ2v) is 8.06. The molecule has 1 heterocycles. The molecule has 0 aromatic heterocycles. The quantitative estimate of drug-likeness (QED) is 0.831. The van der Waals surface area contributed by atoms with Crippen molar-refractivity contribution >= 4 is 37.6 Å². The third kappa shape index (κ3) is 2.40. The number of nitrogens with two attached hydrogens (primary N) is 1. The zero-order valence-corrected chi connectivity index (χ0v) is 13.6. The fraction of sp³-hybridized carbons (Fsp3) is 0.500. The van der Waals surface area contributed by atoms with Gasteiger partial charge in [0.2, 0.25) is 10.0 Å². The van der Waals surface area contributed by atoms with Gasteiger partial charge in [0.1, 0.15) is 0 Å². The van der Waals surface area contributed by atoms with Gasteiger partial charge in [-0.25, -0.2) is 13.1 Å². The maximum atomic E-state index is 12.3. The number of fused-ring (bicyclic) bond motifs is 1. The third-order valence-electron chi connectivity index (χ3n) is 3.94. The van der Waals surface area contributed by atoms with E-state index in [-0.39, 0.29) is 29.0 Å². The lowest BCUT2D eigenvalue weighted by Gasteiger charge is -2.45. The SMILES string of the molecule is NC1C2CCOC2C1NS(=O)(=O)c1ccc(Cl)c(Br)c1. The summed E-state index contributed by atoms with van der Waals surface area (Å²) < 4.78 is 33.4. The predicted octanol–water partition coefficient (Wildman–Crippen LogP) is 1.50. The van der Waals surface area contributed by atoms with Crippen LogP contribution in [0.5, 0.6) is 0 Å². The summed E-state index contributed by atoms with van der Waals surface area (Å²) in [5, 5.41) is 0.462. The molecular formula is C12H14BrClN2O3S. The van der Waals surface area contributed by atoms with Crippen molar-refractivity contribution in [1.82, 2.24) is 4.72 Å². The highest BCUT2D eigenvalue weighted by Crippen LogP contribution is 2.38. The lowest BCUT2D eigenvalue weighted by atomic mass is 9.73. The second kappa shape index (κ2) is 5.23. The van der Waals surface area contributed by atoms with Crippen LogP contribution in [0.2, 0.25) is 5.02 Å². The Balaban J connectivity index is 1.80. The first kappa shape index (κ1) is 14.7. The number of rotatable bonds is 3. The molecule has 20 heavy (non-hydrogen) atoms. The Morgan fingerprint density at radius 1 is 1.45 bits per heavy atom. The highest BCUT2D eigenvalue weighted by atomic mass is 79.9. The Hall–Kier alpha value is -0.180. The standard InChI is InChI=1S/C12H14BrClN2O3S/c13-8-5-6(1-2-9(8)14)20(17,18)16-11-10(15)7-3-4-19-12(7)11/h1-2,5,7,10-12,16H,3-4,15H2. The molecule has 3 rings (SSSR count). The summed E-state index contributed by atoms with van der Waals surface area (Å²) in [7, 11) is -3.63. The fourth-order valence-corrected chi connectivity index (χ4v) is 4.74. The number of ether oxygens (including phenoxy) is 1. The van der Waals surface area contributed by atoms with Crippen molar-refractivity contribution in [3.63, 3.8) is 0 Å². The van der Waals surface area contributed by atoms with E-state index in [0.29, 0.717) is 16.1 Å². The number of hydrogen-bond acceptors (Lipinski definition) is 4. The highest BCUT2D eigenvalue weighted by Gasteiger charge is 2.53. The van der Waals surface area contributed by atoms with Crippen molar-refractivity contribution in [2.45, 2.75) is 29.5 Å². The Bertz CT molecular complexity index is 640. The molecular weight excluding hydrogens is 368 g/mol. The van der Waals surface area contributed by atoms with Crippen LogP contribution in [0.3, 0.4) is 0 Å². The van der Waals surface area contributed by atoms with Crippen molar-refractivity contribution in [1.29, 1.82) is 0 Å². The van der Waals surface area contributed by atoms with Crippen LogP contribution in [0.15, 0.2) is 27.6 Å². The van der Waals surface area contributed by atoms with Crippen molar-refractivity contribution in [2.24, 2.45) is 11.7 Å². The van der Waals surface area contributed by atoms with Gasteiger partial charge in [-0.05, 0) is 40.5 Å². The Morgan fingerprint density at radius 2 is 2.20 bits per heavy atom. The summed E-state index contributed by atoms with van der Waals surface area (Å²) in [5.41, 5.74) is 6.01. The molecule has 4 atom stereocenters. The number of nitrogens with one attached hydrogen (secondary N) is 1. The number of benzene rings is 1. The minimum Gasteiger partial charge on any atom is -0.376 e. The van der Waals surface area contributed by atoms with Crippen LogP contribution in [0.25, 0.3) is 0 Å². The Labute approximate surface area is 131 Å². The lowest BCUT2D eigenvalue weighted by Crippen LogP contribution is -2.68. The largest absolute Gasteiger partial charge is 0.376 e. The van der Waals surface area contributed by atoms with Gasteiger partial charge in [-0.1, -0.05) is 11.6 Å². The minimum atomic E-state index is -3.63. The summed E-state index contributed by atoms with van der Waals surface area (Å²) in [6.45, 7) is 0.647. The maximum Gasteiger partial charge on any atom is 0.241 e. The van der Waals surface area contributed by atoms with Gasteiger partial charge < -0.3 is 10.5 Å². The lowest BCUT2D eigenvalue weighted by molar-refractivity contribution is -0.00924. The molecule has 1 aromatic rings. The van der Waals surface area contributed by atoms with Crippen molar-refractivity contribution in [3.05, 3.63) is 27.7 Å². The minimum absolute atomic E-state index is 0.101. The molecule has 1 saturated heterocycles. The first-order valence-corrected chi connectivity index (χ1v) is 8.90. The van der Waals surface area contributed by atoms with E-state index in [1.54, 1.807) is 0 Å². The zero-order valence-electron chi connectivity index (χ0n) is 10.4. The number of halogens is 2. The molecule has 2 aliphatic rings. The van der Waals surface area contributed by atoms with Crippen LogP contribution >= 0.6 is 27.5 Å². The number of sulfonamides is 1. The van der Waals surface area contributed by atoms with Gasteiger partial charge in [0.15, 0.2) is 0 Å². The van der Waals surface area contributed by atoms with E-state index >= 15 is 0 Å². The molecule has 3 N–H and O–H groups in total. The third-order valence-corrected chi connectivity index (χ3v) is 6.61. The van der Waals surface area contributed by atoms with Crippen LogP contribution in [-0.4, -0.2) is 33.2 Å². The van der Waals surface area contributed by atoms with Gasteiger partial charge in [-0.3, -0.25) is 0 Å². The van der Waals surface area contributed by atoms with Crippen LogP contribution in [0.4, 0.5) is 0 Å². The number of hydrogen-bond donors (Lipinski definition) is 2. The molecule has 1 aromatic carbocycles. The fourth-order valence-electron chi connectivity index (χ4n) is 2.79. The molecule has 5 nitrogen and oxygen atoms in total. The van der Waals surface area contributed by atoms with Gasteiger partial charge in [0.25, 0.3) is 0 Å². The Kier molecular flexibility index (Phi) is 3.85. The van der Waals surface area contributed by atoms with Gasteiger partial charge in [0.05, 0.1) is 22.1 Å². The summed E-state index contributed by atoms with van der Waals surface area (Å²) in [4.78, 5) is 0.155. The maximum absolute atomic E-state index is 12.3. The van der Waals surface area contributed by atoms with Crippen molar-refractivity contribution < 1.29 is 13.2 Å². The van der Waals surface area contributed by atoms with E-state index in [9.17, 15) is 8.42 Å². The van der Waals surface area contributed by atoms with Gasteiger partial charge in [0, 0.05) is 23.0 Å². The molecule has 0 spiro atoms. The smallest absolute Gasteiger partial charge is 0.241 e. The van der Waals surface area contributed by atoms with E-state index in [1.807, 2.05) is 0 Å². The van der Waals surface area contributed by atoms with Gasteiger partial charge in [-0.15, -0.1) is 0 Å². The molecule has 0 bridgehead atoms. The molecule has 1 aliphatic carbocycles. The average Bonchev–Trinajstić information content (AvgIpc) is 2.84. The molecule has 110 valence electrons. The summed E-state index contributed by atoms with van der Waals surface area (Å²) in [5.74, 6) is 0.264. The van der Waals surface area contributed by atoms with E-state index in [1.165, 1.54) is 18.2 Å². The predicted molar refractivity (Wildman–Crippen MR) is 79.1 cm³/mol. The normalized spacial score (nSPS) is 32.8. The summed E-state index contributed by atoms with van der Waals surface area (Å²) in [6.07, 6.45) is 0.798. The zero-order chi connectivity index (χ0) is 14.5. The molecule has 0 amide bonds. The van der Waals surface area contributed by atoms with E-state index in [4.69, 9.17) is 22.1 Å². The molecule has 4 unspecified atom stereocenters. The van der Waals surface area contributed by atoms with Crippen molar-refractivity contribution in [3.8, 4) is 0 Å². The topological polar surface area (TPSA) is 81.4 Å². The second-order valence-electron chi connectivity index (χ2n) is 5.09. The molecule has 1 aliphatic heterocycles. The van der Waals surface area contributed by atoms with Crippen LogP contribution in [0.1, 0.15) is 6.42 Å². The highest BCUT2D eigenvalue weighted by molar-refractivity contribution is 9.10. The van der Waals surface area contributed by atoms with Gasteiger partial charge >= 0.3 is 0 Å². The molecule has 8 heteroatoms. The molecule has 1 saturated carbocycles. The van der Waals surface area contributed by atoms with E-state index in [0.717, 1.165) is 6.42 Å². The molecule has 2 fully saturated rings. The summed E-state index contributed by atoms with van der Waals surface area (Å²) >= 11 is 9.09. The molecule has 0 radical (unpaired) electrons.